The molecule has 0 saturated heterocycles. The number of benzene rings is 3. The van der Waals surface area contributed by atoms with Crippen LogP contribution in [0.5, 0.6) is 0 Å². The fourth-order valence-electron chi connectivity index (χ4n) is 3.33. The average Bonchev–Trinajstić information content (AvgIpc) is 2.74. The Kier molecular flexibility index (Phi) is 7.35. The number of aliphatic hydroxyl groups excluding tert-OH is 1. The summed E-state index contributed by atoms with van der Waals surface area (Å²) in [5, 5.41) is 12.8. The molecule has 4 N–H and O–H groups in total. The van der Waals surface area contributed by atoms with Gasteiger partial charge in [-0.1, -0.05) is 66.7 Å². The Hall–Kier alpha value is -3.44. The molecule has 3 aromatic rings. The third-order valence-corrected chi connectivity index (χ3v) is 4.86. The molecule has 3 rings (SSSR count). The van der Waals surface area contributed by atoms with Crippen LogP contribution in [-0.2, 0) is 17.6 Å². The number of nitrogens with one attached hydrogen (secondary N) is 1. The lowest BCUT2D eigenvalue weighted by Crippen LogP contribution is -2.25. The topological polar surface area (TPSA) is 92.4 Å². The summed E-state index contributed by atoms with van der Waals surface area (Å²) >= 11 is 0. The predicted molar refractivity (Wildman–Crippen MR) is 118 cm³/mol. The lowest BCUT2D eigenvalue weighted by Gasteiger charge is -2.10. The minimum absolute atomic E-state index is 0.0371. The molecule has 0 aliphatic carbocycles. The maximum absolute atomic E-state index is 12.1. The molecule has 0 heterocycles. The van der Waals surface area contributed by atoms with E-state index in [0.29, 0.717) is 18.5 Å². The molecule has 30 heavy (non-hydrogen) atoms. The van der Waals surface area contributed by atoms with Crippen LogP contribution in [0.3, 0.4) is 0 Å². The number of nitrogens with two attached hydrogens (primary N) is 1. The molecule has 154 valence electrons. The molecule has 0 fully saturated rings. The van der Waals surface area contributed by atoms with Crippen molar-refractivity contribution in [2.45, 2.75) is 25.4 Å². The Morgan fingerprint density at radius 2 is 1.60 bits per heavy atom. The third kappa shape index (κ3) is 6.29. The highest BCUT2D eigenvalue weighted by atomic mass is 16.3. The lowest BCUT2D eigenvalue weighted by atomic mass is 9.98. The lowest BCUT2D eigenvalue weighted by molar-refractivity contribution is -0.119. The largest absolute Gasteiger partial charge is 0.392 e. The van der Waals surface area contributed by atoms with Gasteiger partial charge in [0.2, 0.25) is 5.91 Å². The van der Waals surface area contributed by atoms with Gasteiger partial charge in [0, 0.05) is 12.1 Å². The molecule has 0 aliphatic heterocycles. The molecular weight excluding hydrogens is 376 g/mol. The normalized spacial score (nSPS) is 11.6. The van der Waals surface area contributed by atoms with Crippen molar-refractivity contribution in [2.75, 3.05) is 6.54 Å². The van der Waals surface area contributed by atoms with Crippen molar-refractivity contribution in [3.63, 3.8) is 0 Å². The molecule has 2 amide bonds. The van der Waals surface area contributed by atoms with Gasteiger partial charge < -0.3 is 16.2 Å². The standard InChI is InChI=1S/C25H26N2O3/c26-24(29)17-23(28)16-19-9-11-20(12-10-19)22-8-4-5-18(15-22)13-14-27-25(30)21-6-2-1-3-7-21/h1-12,15,23,28H,13-14,16-17H2,(H2,26,29)(H,27,30). The number of hydrogen-bond donors (Lipinski definition) is 3. The second-order valence-corrected chi connectivity index (χ2v) is 7.30. The quantitative estimate of drug-likeness (QED) is 0.513. The van der Waals surface area contributed by atoms with Crippen LogP contribution in [0.15, 0.2) is 78.9 Å². The molecule has 0 spiro atoms. The van der Waals surface area contributed by atoms with Crippen LogP contribution in [0.25, 0.3) is 11.1 Å². The highest BCUT2D eigenvalue weighted by Gasteiger charge is 2.09. The zero-order chi connectivity index (χ0) is 21.3. The molecule has 1 unspecified atom stereocenters. The van der Waals surface area contributed by atoms with Gasteiger partial charge in [0.05, 0.1) is 12.5 Å². The fraction of sp³-hybridized carbons (Fsp3) is 0.200. The van der Waals surface area contributed by atoms with Crippen molar-refractivity contribution in [2.24, 2.45) is 5.73 Å². The van der Waals surface area contributed by atoms with E-state index in [1.807, 2.05) is 60.7 Å². The smallest absolute Gasteiger partial charge is 0.251 e. The Morgan fingerprint density at radius 1 is 0.867 bits per heavy atom. The monoisotopic (exact) mass is 402 g/mol. The van der Waals surface area contributed by atoms with Crippen LogP contribution in [0.4, 0.5) is 0 Å². The van der Waals surface area contributed by atoms with Gasteiger partial charge in [0.15, 0.2) is 0 Å². The molecule has 0 bridgehead atoms. The molecular formula is C25H26N2O3. The highest BCUT2D eigenvalue weighted by Crippen LogP contribution is 2.22. The number of aliphatic hydroxyl groups is 1. The zero-order valence-corrected chi connectivity index (χ0v) is 16.8. The van der Waals surface area contributed by atoms with E-state index in [4.69, 9.17) is 5.73 Å². The molecule has 5 heteroatoms. The van der Waals surface area contributed by atoms with E-state index >= 15 is 0 Å². The summed E-state index contributed by atoms with van der Waals surface area (Å²) in [6.07, 6.45) is 0.335. The third-order valence-electron chi connectivity index (χ3n) is 4.86. The van der Waals surface area contributed by atoms with Crippen molar-refractivity contribution in [1.82, 2.24) is 5.32 Å². The minimum Gasteiger partial charge on any atom is -0.392 e. The van der Waals surface area contributed by atoms with E-state index in [1.54, 1.807) is 12.1 Å². The Morgan fingerprint density at radius 3 is 2.30 bits per heavy atom. The summed E-state index contributed by atoms with van der Waals surface area (Å²) < 4.78 is 0. The summed E-state index contributed by atoms with van der Waals surface area (Å²) in [5.41, 5.74) is 10.0. The zero-order valence-electron chi connectivity index (χ0n) is 16.8. The number of carbonyl (C=O) groups is 2. The maximum atomic E-state index is 12.1. The van der Waals surface area contributed by atoms with E-state index in [-0.39, 0.29) is 12.3 Å². The molecule has 0 radical (unpaired) electrons. The molecule has 5 nitrogen and oxygen atoms in total. The van der Waals surface area contributed by atoms with Gasteiger partial charge in [-0.05, 0) is 47.2 Å². The van der Waals surface area contributed by atoms with Crippen molar-refractivity contribution in [1.29, 1.82) is 0 Å². The van der Waals surface area contributed by atoms with Crippen LogP contribution < -0.4 is 11.1 Å². The van der Waals surface area contributed by atoms with Crippen LogP contribution in [0.2, 0.25) is 0 Å². The van der Waals surface area contributed by atoms with Crippen LogP contribution in [-0.4, -0.2) is 29.6 Å². The van der Waals surface area contributed by atoms with Crippen molar-refractivity contribution in [3.8, 4) is 11.1 Å². The number of primary amides is 1. The number of amides is 2. The first kappa shape index (κ1) is 21.3. The fourth-order valence-corrected chi connectivity index (χ4v) is 3.33. The molecule has 0 aromatic heterocycles. The maximum Gasteiger partial charge on any atom is 0.251 e. The molecule has 0 saturated carbocycles. The summed E-state index contributed by atoms with van der Waals surface area (Å²) in [5.74, 6) is -0.572. The number of rotatable bonds is 9. The molecule has 0 aliphatic rings. The average molecular weight is 402 g/mol. The van der Waals surface area contributed by atoms with Crippen LogP contribution in [0.1, 0.15) is 27.9 Å². The van der Waals surface area contributed by atoms with Gasteiger partial charge in [-0.2, -0.15) is 0 Å². The van der Waals surface area contributed by atoms with Gasteiger partial charge in [-0.3, -0.25) is 9.59 Å². The Bertz CT molecular complexity index is 985. The van der Waals surface area contributed by atoms with Gasteiger partial charge in [-0.15, -0.1) is 0 Å². The minimum atomic E-state index is -0.761. The van der Waals surface area contributed by atoms with Gasteiger partial charge in [0.25, 0.3) is 5.91 Å². The summed E-state index contributed by atoms with van der Waals surface area (Å²) in [7, 11) is 0. The Labute approximate surface area is 176 Å². The van der Waals surface area contributed by atoms with Crippen molar-refractivity contribution >= 4 is 11.8 Å². The van der Waals surface area contributed by atoms with Gasteiger partial charge in [0.1, 0.15) is 0 Å². The van der Waals surface area contributed by atoms with Gasteiger partial charge in [-0.25, -0.2) is 0 Å². The van der Waals surface area contributed by atoms with Crippen molar-refractivity contribution in [3.05, 3.63) is 95.6 Å². The van der Waals surface area contributed by atoms with E-state index in [9.17, 15) is 14.7 Å². The summed E-state index contributed by atoms with van der Waals surface area (Å²) in [6.45, 7) is 0.563. The van der Waals surface area contributed by atoms with Crippen LogP contribution in [0, 0.1) is 0 Å². The second kappa shape index (κ2) is 10.4. The molecule has 1 atom stereocenters. The van der Waals surface area contributed by atoms with E-state index in [1.165, 1.54) is 0 Å². The SMILES string of the molecule is NC(=O)CC(O)Cc1ccc(-c2cccc(CCNC(=O)c3ccccc3)c2)cc1. The van der Waals surface area contributed by atoms with Crippen LogP contribution >= 0.6 is 0 Å². The first-order chi connectivity index (χ1) is 14.5. The van der Waals surface area contributed by atoms with Crippen molar-refractivity contribution < 1.29 is 14.7 Å². The number of carbonyl (C=O) groups excluding carboxylic acids is 2. The van der Waals surface area contributed by atoms with E-state index in [0.717, 1.165) is 28.7 Å². The summed E-state index contributed by atoms with van der Waals surface area (Å²) in [6, 6.07) is 25.3. The predicted octanol–water partition coefficient (Wildman–Crippen LogP) is 3.10. The highest BCUT2D eigenvalue weighted by molar-refractivity contribution is 5.94. The van der Waals surface area contributed by atoms with Gasteiger partial charge >= 0.3 is 0 Å². The van der Waals surface area contributed by atoms with E-state index < -0.39 is 12.0 Å². The summed E-state index contributed by atoms with van der Waals surface area (Å²) in [4.78, 5) is 23.0. The first-order valence-electron chi connectivity index (χ1n) is 9.99. The number of hydrogen-bond acceptors (Lipinski definition) is 3. The second-order valence-electron chi connectivity index (χ2n) is 7.30. The Balaban J connectivity index is 1.57. The van der Waals surface area contributed by atoms with E-state index in [2.05, 4.69) is 11.4 Å². The first-order valence-corrected chi connectivity index (χ1v) is 9.99. The molecule has 3 aromatic carbocycles.